The van der Waals surface area contributed by atoms with Crippen molar-refractivity contribution in [3.8, 4) is 5.75 Å². The molecule has 2 atom stereocenters. The van der Waals surface area contributed by atoms with Gasteiger partial charge in [-0.2, -0.15) is 0 Å². The minimum atomic E-state index is -0.720. The number of aliphatic hydroxyl groups is 1. The minimum Gasteiger partial charge on any atom is -0.496 e. The molecule has 2 rings (SSSR count). The largest absolute Gasteiger partial charge is 0.496 e. The van der Waals surface area contributed by atoms with Gasteiger partial charge in [0.1, 0.15) is 11.6 Å². The summed E-state index contributed by atoms with van der Waals surface area (Å²) in [7, 11) is 1.55. The van der Waals surface area contributed by atoms with Gasteiger partial charge in [-0.15, -0.1) is 11.6 Å². The highest BCUT2D eigenvalue weighted by atomic mass is 35.5. The van der Waals surface area contributed by atoms with E-state index in [0.29, 0.717) is 10.8 Å². The summed E-state index contributed by atoms with van der Waals surface area (Å²) in [6.07, 6.45) is -0.720. The van der Waals surface area contributed by atoms with Gasteiger partial charge in [0.2, 0.25) is 5.91 Å². The Balaban J connectivity index is 2.26. The van der Waals surface area contributed by atoms with Gasteiger partial charge < -0.3 is 19.5 Å². The van der Waals surface area contributed by atoms with E-state index < -0.39 is 12.1 Å². The number of amides is 1. The molecule has 1 N–H and O–H groups in total. The zero-order valence-corrected chi connectivity index (χ0v) is 13.1. The van der Waals surface area contributed by atoms with Crippen molar-refractivity contribution in [2.24, 2.45) is 0 Å². The molecule has 0 spiro atoms. The van der Waals surface area contributed by atoms with Crippen molar-refractivity contribution < 1.29 is 19.4 Å². The molecule has 0 aliphatic carbocycles. The number of hydrogen-bond donors (Lipinski definition) is 1. The van der Waals surface area contributed by atoms with E-state index in [4.69, 9.17) is 32.7 Å². The Kier molecular flexibility index (Phi) is 5.70. The fourth-order valence-electron chi connectivity index (χ4n) is 2.35. The van der Waals surface area contributed by atoms with Gasteiger partial charge in [-0.3, -0.25) is 4.79 Å². The van der Waals surface area contributed by atoms with Crippen LogP contribution in [0.5, 0.6) is 5.75 Å². The predicted octanol–water partition coefficient (Wildman–Crippen LogP) is 1.68. The molecule has 1 heterocycles. The summed E-state index contributed by atoms with van der Waals surface area (Å²) in [5, 5.41) is 10.5. The summed E-state index contributed by atoms with van der Waals surface area (Å²) in [5.74, 6) is 0.194. The van der Waals surface area contributed by atoms with Crippen LogP contribution in [0.4, 0.5) is 0 Å². The molecule has 0 bridgehead atoms. The molecule has 0 unspecified atom stereocenters. The van der Waals surface area contributed by atoms with Crippen LogP contribution in [0.15, 0.2) is 18.2 Å². The SMILES string of the molecule is COc1ccc(Cl)cc1CN(C(=O)CCl)[C@H]1COC[C@@H]1O. The van der Waals surface area contributed by atoms with Gasteiger partial charge >= 0.3 is 0 Å². The molecule has 1 aromatic carbocycles. The highest BCUT2D eigenvalue weighted by Gasteiger charge is 2.34. The number of ether oxygens (including phenoxy) is 2. The van der Waals surface area contributed by atoms with Crippen LogP contribution >= 0.6 is 23.2 Å². The van der Waals surface area contributed by atoms with Crippen molar-refractivity contribution in [2.75, 3.05) is 26.2 Å². The third-order valence-electron chi connectivity index (χ3n) is 3.44. The molecule has 0 aromatic heterocycles. The Bertz CT molecular complexity index is 512. The Morgan fingerprint density at radius 3 is 2.86 bits per heavy atom. The molecule has 7 heteroatoms. The maximum atomic E-state index is 12.1. The lowest BCUT2D eigenvalue weighted by molar-refractivity contribution is -0.133. The van der Waals surface area contributed by atoms with E-state index in [1.54, 1.807) is 25.3 Å². The smallest absolute Gasteiger partial charge is 0.238 e. The zero-order valence-electron chi connectivity index (χ0n) is 11.6. The summed E-state index contributed by atoms with van der Waals surface area (Å²) in [5.41, 5.74) is 0.752. The molecule has 1 aliphatic rings. The highest BCUT2D eigenvalue weighted by molar-refractivity contribution is 6.30. The molecule has 116 valence electrons. The second-order valence-electron chi connectivity index (χ2n) is 4.78. The number of benzene rings is 1. The van der Waals surface area contributed by atoms with Crippen molar-refractivity contribution >= 4 is 29.1 Å². The summed E-state index contributed by atoms with van der Waals surface area (Å²) in [4.78, 5) is 13.6. The van der Waals surface area contributed by atoms with Gasteiger partial charge in [-0.1, -0.05) is 11.6 Å². The van der Waals surface area contributed by atoms with Gasteiger partial charge in [0.05, 0.1) is 32.5 Å². The molecule has 1 fully saturated rings. The minimum absolute atomic E-state index is 0.161. The predicted molar refractivity (Wildman–Crippen MR) is 79.9 cm³/mol. The molecule has 5 nitrogen and oxygen atoms in total. The quantitative estimate of drug-likeness (QED) is 0.833. The van der Waals surface area contributed by atoms with Crippen molar-refractivity contribution in [3.63, 3.8) is 0 Å². The Hall–Kier alpha value is -1.01. The van der Waals surface area contributed by atoms with Crippen LogP contribution in [-0.4, -0.2) is 54.3 Å². The summed E-state index contributed by atoms with van der Waals surface area (Å²) < 4.78 is 10.5. The molecule has 1 aliphatic heterocycles. The maximum Gasteiger partial charge on any atom is 0.238 e. The number of hydrogen-bond acceptors (Lipinski definition) is 4. The first kappa shape index (κ1) is 16.4. The third-order valence-corrected chi connectivity index (χ3v) is 3.90. The van der Waals surface area contributed by atoms with Crippen molar-refractivity contribution in [3.05, 3.63) is 28.8 Å². The van der Waals surface area contributed by atoms with Gasteiger partial charge in [-0.25, -0.2) is 0 Å². The van der Waals surface area contributed by atoms with Crippen molar-refractivity contribution in [2.45, 2.75) is 18.7 Å². The van der Waals surface area contributed by atoms with E-state index in [2.05, 4.69) is 0 Å². The van der Waals surface area contributed by atoms with E-state index in [1.807, 2.05) is 0 Å². The number of aliphatic hydroxyl groups excluding tert-OH is 1. The van der Waals surface area contributed by atoms with Crippen LogP contribution in [0.25, 0.3) is 0 Å². The molecule has 1 saturated heterocycles. The summed E-state index contributed by atoms with van der Waals surface area (Å²) in [6, 6.07) is 4.77. The molecule has 1 aromatic rings. The van der Waals surface area contributed by atoms with Crippen LogP contribution in [-0.2, 0) is 16.1 Å². The van der Waals surface area contributed by atoms with Crippen molar-refractivity contribution in [1.29, 1.82) is 0 Å². The lowest BCUT2D eigenvalue weighted by Crippen LogP contribution is -2.46. The number of rotatable bonds is 5. The molecule has 1 amide bonds. The second kappa shape index (κ2) is 7.31. The van der Waals surface area contributed by atoms with E-state index in [-0.39, 0.29) is 31.5 Å². The summed E-state index contributed by atoms with van der Waals surface area (Å²) >= 11 is 11.7. The number of carbonyl (C=O) groups is 1. The number of halogens is 2. The first-order valence-corrected chi connectivity index (χ1v) is 7.41. The number of methoxy groups -OCH3 is 1. The van der Waals surface area contributed by atoms with Crippen molar-refractivity contribution in [1.82, 2.24) is 4.90 Å². The molecule has 0 saturated carbocycles. The third kappa shape index (κ3) is 3.80. The highest BCUT2D eigenvalue weighted by Crippen LogP contribution is 2.26. The van der Waals surface area contributed by atoms with Crippen LogP contribution < -0.4 is 4.74 Å². The lowest BCUT2D eigenvalue weighted by atomic mass is 10.1. The number of carbonyl (C=O) groups excluding carboxylic acids is 1. The van der Waals surface area contributed by atoms with Crippen LogP contribution in [0.2, 0.25) is 5.02 Å². The first-order valence-electron chi connectivity index (χ1n) is 6.50. The van der Waals surface area contributed by atoms with E-state index in [1.165, 1.54) is 4.90 Å². The topological polar surface area (TPSA) is 59.0 Å². The van der Waals surface area contributed by atoms with Gasteiger partial charge in [0.15, 0.2) is 0 Å². The second-order valence-corrected chi connectivity index (χ2v) is 5.49. The normalized spacial score (nSPS) is 21.3. The number of nitrogens with zero attached hydrogens (tertiary/aromatic N) is 1. The zero-order chi connectivity index (χ0) is 15.4. The summed E-state index contributed by atoms with van der Waals surface area (Å²) in [6.45, 7) is 0.746. The van der Waals surface area contributed by atoms with E-state index in [9.17, 15) is 9.90 Å². The average molecular weight is 334 g/mol. The fourth-order valence-corrected chi connectivity index (χ4v) is 2.70. The maximum absolute atomic E-state index is 12.1. The molecule has 21 heavy (non-hydrogen) atoms. The van der Waals surface area contributed by atoms with E-state index in [0.717, 1.165) is 5.56 Å². The standard InChI is InChI=1S/C14H17Cl2NO4/c1-20-13-3-2-10(16)4-9(13)6-17(14(19)5-15)11-7-21-8-12(11)18/h2-4,11-12,18H,5-8H2,1H3/t11-,12-/m0/s1. The Labute approximate surface area is 133 Å². The Morgan fingerprint density at radius 1 is 1.52 bits per heavy atom. The van der Waals surface area contributed by atoms with Crippen LogP contribution in [0.1, 0.15) is 5.56 Å². The van der Waals surface area contributed by atoms with Crippen LogP contribution in [0.3, 0.4) is 0 Å². The van der Waals surface area contributed by atoms with Gasteiger partial charge in [0, 0.05) is 17.1 Å². The van der Waals surface area contributed by atoms with Crippen LogP contribution in [0, 0.1) is 0 Å². The fraction of sp³-hybridized carbons (Fsp3) is 0.500. The molecular formula is C14H17Cl2NO4. The number of alkyl halides is 1. The first-order chi connectivity index (χ1) is 10.1. The molecular weight excluding hydrogens is 317 g/mol. The monoisotopic (exact) mass is 333 g/mol. The Morgan fingerprint density at radius 2 is 2.29 bits per heavy atom. The molecule has 0 radical (unpaired) electrons. The average Bonchev–Trinajstić information content (AvgIpc) is 2.90. The van der Waals surface area contributed by atoms with E-state index >= 15 is 0 Å². The van der Waals surface area contributed by atoms with Gasteiger partial charge in [-0.05, 0) is 18.2 Å². The lowest BCUT2D eigenvalue weighted by Gasteiger charge is -2.30. The van der Waals surface area contributed by atoms with Gasteiger partial charge in [0.25, 0.3) is 0 Å².